The van der Waals surface area contributed by atoms with Crippen molar-refractivity contribution >= 4 is 17.2 Å². The number of nitrogens with zero attached hydrogens (tertiary/aromatic N) is 2. The van der Waals surface area contributed by atoms with Gasteiger partial charge in [0.25, 0.3) is 0 Å². The fourth-order valence-electron chi connectivity index (χ4n) is 1.19. The summed E-state index contributed by atoms with van der Waals surface area (Å²) in [4.78, 5) is 2.61. The van der Waals surface area contributed by atoms with Crippen molar-refractivity contribution in [1.82, 2.24) is 9.78 Å². The van der Waals surface area contributed by atoms with Gasteiger partial charge >= 0.3 is 0 Å². The number of anilines is 1. The lowest BCUT2D eigenvalue weighted by Gasteiger charge is -2.00. The number of thiophene rings is 1. The molecule has 2 N–H and O–H groups in total. The molecule has 68 valence electrons. The SMILES string of the molecule is Cc1ccc(Cn2nccc2N)s1. The smallest absolute Gasteiger partial charge is 0.122 e. The molecule has 0 aliphatic carbocycles. The van der Waals surface area contributed by atoms with Crippen LogP contribution in [-0.2, 0) is 6.54 Å². The highest BCUT2D eigenvalue weighted by molar-refractivity contribution is 7.11. The Bertz CT molecular complexity index is 402. The van der Waals surface area contributed by atoms with E-state index in [2.05, 4.69) is 24.2 Å². The third kappa shape index (κ3) is 1.72. The zero-order valence-electron chi connectivity index (χ0n) is 7.40. The second kappa shape index (κ2) is 3.22. The summed E-state index contributed by atoms with van der Waals surface area (Å²) in [6.45, 7) is 2.87. The molecule has 0 atom stereocenters. The van der Waals surface area contributed by atoms with Gasteiger partial charge in [-0.25, -0.2) is 4.68 Å². The molecule has 0 saturated carbocycles. The van der Waals surface area contributed by atoms with Crippen LogP contribution in [0.2, 0.25) is 0 Å². The summed E-state index contributed by atoms with van der Waals surface area (Å²) in [5.41, 5.74) is 5.70. The van der Waals surface area contributed by atoms with Gasteiger partial charge in [-0.05, 0) is 25.1 Å². The Morgan fingerprint density at radius 2 is 2.31 bits per heavy atom. The first-order valence-corrected chi connectivity index (χ1v) is 4.90. The van der Waals surface area contributed by atoms with Gasteiger partial charge in [0.2, 0.25) is 0 Å². The molecule has 0 aliphatic rings. The lowest BCUT2D eigenvalue weighted by molar-refractivity contribution is 0.705. The van der Waals surface area contributed by atoms with Gasteiger partial charge in [0, 0.05) is 9.75 Å². The number of aromatic nitrogens is 2. The maximum atomic E-state index is 5.70. The molecule has 0 aliphatic heterocycles. The van der Waals surface area contributed by atoms with Crippen molar-refractivity contribution in [3.8, 4) is 0 Å². The molecule has 3 nitrogen and oxygen atoms in total. The molecular weight excluding hydrogens is 182 g/mol. The number of hydrogen-bond acceptors (Lipinski definition) is 3. The van der Waals surface area contributed by atoms with Crippen molar-refractivity contribution in [3.05, 3.63) is 34.2 Å². The van der Waals surface area contributed by atoms with Crippen molar-refractivity contribution in [1.29, 1.82) is 0 Å². The average molecular weight is 193 g/mol. The lowest BCUT2D eigenvalue weighted by Crippen LogP contribution is -2.04. The molecule has 4 heteroatoms. The molecule has 0 fully saturated rings. The lowest BCUT2D eigenvalue weighted by atomic mass is 10.4. The van der Waals surface area contributed by atoms with Crippen LogP contribution in [0.15, 0.2) is 24.4 Å². The van der Waals surface area contributed by atoms with E-state index >= 15 is 0 Å². The van der Waals surface area contributed by atoms with Gasteiger partial charge in [0.05, 0.1) is 12.7 Å². The van der Waals surface area contributed by atoms with Crippen LogP contribution in [0.25, 0.3) is 0 Å². The van der Waals surface area contributed by atoms with E-state index in [1.807, 2.05) is 0 Å². The van der Waals surface area contributed by atoms with Crippen molar-refractivity contribution in [3.63, 3.8) is 0 Å². The van der Waals surface area contributed by atoms with Crippen LogP contribution in [0.5, 0.6) is 0 Å². The second-order valence-electron chi connectivity index (χ2n) is 2.93. The maximum absolute atomic E-state index is 5.70. The van der Waals surface area contributed by atoms with Crippen LogP contribution in [0.4, 0.5) is 5.82 Å². The molecule has 0 bridgehead atoms. The first kappa shape index (κ1) is 8.31. The summed E-state index contributed by atoms with van der Waals surface area (Å²) < 4.78 is 1.80. The monoisotopic (exact) mass is 193 g/mol. The Morgan fingerprint density at radius 3 is 2.85 bits per heavy atom. The molecule has 2 heterocycles. The predicted octanol–water partition coefficient (Wildman–Crippen LogP) is 1.88. The molecule has 0 aromatic carbocycles. The minimum atomic E-state index is 0.714. The predicted molar refractivity (Wildman–Crippen MR) is 54.8 cm³/mol. The van der Waals surface area contributed by atoms with Gasteiger partial charge in [0.15, 0.2) is 0 Å². The molecule has 0 unspecified atom stereocenters. The zero-order chi connectivity index (χ0) is 9.26. The molecule has 0 amide bonds. The van der Waals surface area contributed by atoms with E-state index in [1.165, 1.54) is 9.75 Å². The number of nitrogen functional groups attached to an aromatic ring is 1. The molecule has 2 rings (SSSR count). The van der Waals surface area contributed by atoms with Crippen LogP contribution in [0.1, 0.15) is 9.75 Å². The van der Waals surface area contributed by atoms with E-state index in [9.17, 15) is 0 Å². The van der Waals surface area contributed by atoms with Gasteiger partial charge in [-0.3, -0.25) is 0 Å². The second-order valence-corrected chi connectivity index (χ2v) is 4.30. The molecular formula is C9H11N3S. The van der Waals surface area contributed by atoms with Crippen LogP contribution in [0.3, 0.4) is 0 Å². The van der Waals surface area contributed by atoms with Crippen LogP contribution in [-0.4, -0.2) is 9.78 Å². The first-order chi connectivity index (χ1) is 6.25. The van der Waals surface area contributed by atoms with Gasteiger partial charge in [-0.15, -0.1) is 11.3 Å². The Hall–Kier alpha value is -1.29. The van der Waals surface area contributed by atoms with Crippen molar-refractivity contribution in [2.45, 2.75) is 13.5 Å². The summed E-state index contributed by atoms with van der Waals surface area (Å²) >= 11 is 1.78. The summed E-state index contributed by atoms with van der Waals surface area (Å²) in [6, 6.07) is 6.03. The summed E-state index contributed by atoms with van der Waals surface area (Å²) in [5, 5.41) is 4.12. The van der Waals surface area contributed by atoms with Crippen LogP contribution < -0.4 is 5.73 Å². The van der Waals surface area contributed by atoms with Crippen molar-refractivity contribution in [2.75, 3.05) is 5.73 Å². The molecule has 0 radical (unpaired) electrons. The van der Waals surface area contributed by atoms with Gasteiger partial charge in [-0.1, -0.05) is 0 Å². The van der Waals surface area contributed by atoms with E-state index in [4.69, 9.17) is 5.73 Å². The first-order valence-electron chi connectivity index (χ1n) is 4.08. The fourth-order valence-corrected chi connectivity index (χ4v) is 2.07. The molecule has 2 aromatic heterocycles. The molecule has 0 saturated heterocycles. The standard InChI is InChI=1S/C9H11N3S/c1-7-2-3-8(13-7)6-12-9(10)4-5-11-12/h2-5H,6,10H2,1H3. The molecule has 2 aromatic rings. The summed E-state index contributed by atoms with van der Waals surface area (Å²) in [7, 11) is 0. The number of hydrogen-bond donors (Lipinski definition) is 1. The Kier molecular flexibility index (Phi) is 2.06. The third-order valence-corrected chi connectivity index (χ3v) is 2.84. The molecule has 0 spiro atoms. The van der Waals surface area contributed by atoms with Crippen LogP contribution >= 0.6 is 11.3 Å². The van der Waals surface area contributed by atoms with Crippen LogP contribution in [0, 0.1) is 6.92 Å². The number of rotatable bonds is 2. The van der Waals surface area contributed by atoms with Gasteiger partial charge in [0.1, 0.15) is 5.82 Å². The highest BCUT2D eigenvalue weighted by Crippen LogP contribution is 2.16. The minimum Gasteiger partial charge on any atom is -0.384 e. The van der Waals surface area contributed by atoms with E-state index in [-0.39, 0.29) is 0 Å². The fraction of sp³-hybridized carbons (Fsp3) is 0.222. The van der Waals surface area contributed by atoms with E-state index in [0.717, 1.165) is 6.54 Å². The Labute approximate surface area is 80.8 Å². The third-order valence-electron chi connectivity index (χ3n) is 1.85. The Balaban J connectivity index is 2.19. The topological polar surface area (TPSA) is 43.8 Å². The quantitative estimate of drug-likeness (QED) is 0.791. The molecule has 13 heavy (non-hydrogen) atoms. The maximum Gasteiger partial charge on any atom is 0.122 e. The average Bonchev–Trinajstić information content (AvgIpc) is 2.64. The summed E-state index contributed by atoms with van der Waals surface area (Å²) in [5.74, 6) is 0.714. The van der Waals surface area contributed by atoms with Crippen molar-refractivity contribution < 1.29 is 0 Å². The van der Waals surface area contributed by atoms with Gasteiger partial charge < -0.3 is 5.73 Å². The highest BCUT2D eigenvalue weighted by Gasteiger charge is 2.00. The zero-order valence-corrected chi connectivity index (χ0v) is 8.21. The number of nitrogens with two attached hydrogens (primary N) is 1. The number of aryl methyl sites for hydroxylation is 1. The largest absolute Gasteiger partial charge is 0.384 e. The van der Waals surface area contributed by atoms with E-state index in [1.54, 1.807) is 28.3 Å². The van der Waals surface area contributed by atoms with E-state index in [0.29, 0.717) is 5.82 Å². The van der Waals surface area contributed by atoms with Gasteiger partial charge in [-0.2, -0.15) is 5.10 Å². The minimum absolute atomic E-state index is 0.714. The van der Waals surface area contributed by atoms with E-state index < -0.39 is 0 Å². The summed E-state index contributed by atoms with van der Waals surface area (Å²) in [6.07, 6.45) is 1.72. The highest BCUT2D eigenvalue weighted by atomic mass is 32.1. The Morgan fingerprint density at radius 1 is 1.46 bits per heavy atom. The normalized spacial score (nSPS) is 10.5. The van der Waals surface area contributed by atoms with Crippen molar-refractivity contribution in [2.24, 2.45) is 0 Å².